The number of benzene rings is 2. The van der Waals surface area contributed by atoms with Crippen LogP contribution in [0.5, 0.6) is 0 Å². The highest BCUT2D eigenvalue weighted by Crippen LogP contribution is 2.24. The summed E-state index contributed by atoms with van der Waals surface area (Å²) in [4.78, 5) is 16.4. The predicted octanol–water partition coefficient (Wildman–Crippen LogP) is 6.35. The van der Waals surface area contributed by atoms with Crippen molar-refractivity contribution in [3.63, 3.8) is 0 Å². The molecule has 0 aliphatic carbocycles. The van der Waals surface area contributed by atoms with Crippen LogP contribution in [0.2, 0.25) is 0 Å². The second kappa shape index (κ2) is 13.9. The molecule has 2 aromatic carbocycles. The highest BCUT2D eigenvalue weighted by molar-refractivity contribution is 7.89. The van der Waals surface area contributed by atoms with E-state index in [4.69, 9.17) is 4.98 Å². The van der Waals surface area contributed by atoms with Gasteiger partial charge in [-0.1, -0.05) is 60.2 Å². The Kier molecular flexibility index (Phi) is 9.53. The van der Waals surface area contributed by atoms with Crippen molar-refractivity contribution >= 4 is 32.7 Å². The Morgan fingerprint density at radius 1 is 0.935 bits per heavy atom. The zero-order valence-corrected chi connectivity index (χ0v) is 27.5. The molecule has 1 saturated heterocycles. The van der Waals surface area contributed by atoms with Gasteiger partial charge < -0.3 is 4.57 Å². The van der Waals surface area contributed by atoms with E-state index in [-0.39, 0.29) is 11.4 Å². The maximum Gasteiger partial charge on any atom is 0.243 e. The lowest BCUT2D eigenvalue weighted by Crippen LogP contribution is -2.27. The molecule has 1 aliphatic heterocycles. The van der Waals surface area contributed by atoms with E-state index >= 15 is 0 Å². The number of likely N-dealkylation sites (tertiary alicyclic amines) is 1. The molecule has 8 nitrogen and oxygen atoms in total. The zero-order valence-electron chi connectivity index (χ0n) is 26.7. The van der Waals surface area contributed by atoms with Crippen molar-refractivity contribution in [2.45, 2.75) is 38.1 Å². The van der Waals surface area contributed by atoms with Gasteiger partial charge in [0.15, 0.2) is 0 Å². The minimum Gasteiger partial charge on any atom is -0.324 e. The Bertz CT molecular complexity index is 1970. The molecule has 0 unspecified atom stereocenters. The standard InChI is InChI=1S/C37H40N6O2S/c1-28-11-15-31(16-12-28)34(20-25-42-23-4-5-24-42)35-10-6-8-32(40-35)9-7-22-41(3)46(44,45)33-17-13-30(14-18-33)27-43-29(2)39-36-26-38-21-19-37(36)43/h6-21,26H,4-5,22-25,27H2,1-3H3. The van der Waals surface area contributed by atoms with Gasteiger partial charge in [-0.05, 0) is 87.3 Å². The third kappa shape index (κ3) is 7.17. The molecule has 0 atom stereocenters. The molecule has 0 radical (unpaired) electrons. The van der Waals surface area contributed by atoms with Crippen LogP contribution >= 0.6 is 0 Å². The average molecular weight is 633 g/mol. The van der Waals surface area contributed by atoms with E-state index in [0.717, 1.165) is 64.6 Å². The van der Waals surface area contributed by atoms with E-state index in [9.17, 15) is 8.42 Å². The second-order valence-electron chi connectivity index (χ2n) is 11.9. The summed E-state index contributed by atoms with van der Waals surface area (Å²) in [7, 11) is -2.07. The van der Waals surface area contributed by atoms with Crippen molar-refractivity contribution in [2.24, 2.45) is 0 Å². The van der Waals surface area contributed by atoms with Crippen LogP contribution < -0.4 is 0 Å². The topological polar surface area (TPSA) is 84.2 Å². The third-order valence-electron chi connectivity index (χ3n) is 8.53. The van der Waals surface area contributed by atoms with Crippen LogP contribution in [0.15, 0.2) is 102 Å². The predicted molar refractivity (Wildman–Crippen MR) is 185 cm³/mol. The van der Waals surface area contributed by atoms with Gasteiger partial charge in [0.2, 0.25) is 10.0 Å². The quantitative estimate of drug-likeness (QED) is 0.169. The number of pyridine rings is 2. The maximum atomic E-state index is 13.4. The van der Waals surface area contributed by atoms with Crippen LogP contribution in [0.25, 0.3) is 22.7 Å². The molecule has 5 aromatic rings. The molecule has 0 N–H and O–H groups in total. The molecule has 0 spiro atoms. The lowest BCUT2D eigenvalue weighted by molar-refractivity contribution is 0.377. The van der Waals surface area contributed by atoms with Crippen molar-refractivity contribution in [3.8, 4) is 0 Å². The van der Waals surface area contributed by atoms with Gasteiger partial charge in [-0.2, -0.15) is 4.31 Å². The molecule has 6 rings (SSSR count). The maximum absolute atomic E-state index is 13.4. The lowest BCUT2D eigenvalue weighted by atomic mass is 10.00. The SMILES string of the molecule is Cc1ccc(C(=CCN2CCCC2)c2cccc(C=CCN(C)S(=O)(=O)c3ccc(Cn4c(C)nc5cnccc54)cc3)n2)cc1. The number of nitrogens with zero attached hydrogens (tertiary/aromatic N) is 6. The fraction of sp³-hybridized carbons (Fsp3) is 0.270. The number of sulfonamides is 1. The van der Waals surface area contributed by atoms with Crippen LogP contribution in [0.4, 0.5) is 0 Å². The molecule has 3 aromatic heterocycles. The minimum atomic E-state index is -3.67. The summed E-state index contributed by atoms with van der Waals surface area (Å²) >= 11 is 0. The molecular weight excluding hydrogens is 593 g/mol. The number of aromatic nitrogens is 4. The first kappa shape index (κ1) is 31.5. The van der Waals surface area contributed by atoms with Crippen molar-refractivity contribution in [2.75, 3.05) is 33.2 Å². The molecule has 46 heavy (non-hydrogen) atoms. The van der Waals surface area contributed by atoms with E-state index in [1.165, 1.54) is 22.7 Å². The monoisotopic (exact) mass is 632 g/mol. The van der Waals surface area contributed by atoms with Crippen molar-refractivity contribution in [1.82, 2.24) is 28.7 Å². The van der Waals surface area contributed by atoms with Crippen LogP contribution in [-0.2, 0) is 16.6 Å². The van der Waals surface area contributed by atoms with E-state index in [1.54, 1.807) is 31.6 Å². The van der Waals surface area contributed by atoms with Gasteiger partial charge in [0.25, 0.3) is 0 Å². The number of hydrogen-bond donors (Lipinski definition) is 0. The number of rotatable bonds is 11. The lowest BCUT2D eigenvalue weighted by Gasteiger charge is -2.16. The molecule has 1 aliphatic rings. The second-order valence-corrected chi connectivity index (χ2v) is 13.9. The van der Waals surface area contributed by atoms with Gasteiger partial charge in [0, 0.05) is 38.5 Å². The highest BCUT2D eigenvalue weighted by Gasteiger charge is 2.20. The highest BCUT2D eigenvalue weighted by atomic mass is 32.2. The van der Waals surface area contributed by atoms with Gasteiger partial charge in [-0.3, -0.25) is 9.88 Å². The molecule has 0 amide bonds. The Morgan fingerprint density at radius 2 is 1.70 bits per heavy atom. The van der Waals surface area contributed by atoms with Gasteiger partial charge in [-0.25, -0.2) is 18.4 Å². The summed E-state index contributed by atoms with van der Waals surface area (Å²) < 4.78 is 30.2. The largest absolute Gasteiger partial charge is 0.324 e. The number of imidazole rings is 1. The van der Waals surface area contributed by atoms with Crippen molar-refractivity contribution in [3.05, 3.63) is 131 Å². The minimum absolute atomic E-state index is 0.222. The molecule has 0 bridgehead atoms. The van der Waals surface area contributed by atoms with Gasteiger partial charge >= 0.3 is 0 Å². The summed E-state index contributed by atoms with van der Waals surface area (Å²) in [5.41, 5.74) is 7.99. The normalized spacial score (nSPS) is 14.7. The number of hydrogen-bond acceptors (Lipinski definition) is 6. The summed E-state index contributed by atoms with van der Waals surface area (Å²) in [6.07, 6.45) is 12.0. The van der Waals surface area contributed by atoms with E-state index in [1.807, 2.05) is 55.5 Å². The Hall–Kier alpha value is -4.44. The van der Waals surface area contributed by atoms with E-state index in [2.05, 4.69) is 56.7 Å². The Labute approximate surface area is 271 Å². The van der Waals surface area contributed by atoms with Crippen molar-refractivity contribution in [1.29, 1.82) is 0 Å². The Balaban J connectivity index is 1.13. The first-order valence-electron chi connectivity index (χ1n) is 15.7. The van der Waals surface area contributed by atoms with Gasteiger partial charge in [0.05, 0.1) is 28.0 Å². The first-order chi connectivity index (χ1) is 22.3. The summed E-state index contributed by atoms with van der Waals surface area (Å²) in [5.74, 6) is 0.885. The molecule has 9 heteroatoms. The van der Waals surface area contributed by atoms with Gasteiger partial charge in [-0.15, -0.1) is 0 Å². The molecule has 236 valence electrons. The van der Waals surface area contributed by atoms with E-state index in [0.29, 0.717) is 6.54 Å². The summed E-state index contributed by atoms with van der Waals surface area (Å²) in [5, 5.41) is 0. The average Bonchev–Trinajstić information content (AvgIpc) is 3.70. The fourth-order valence-electron chi connectivity index (χ4n) is 5.83. The van der Waals surface area contributed by atoms with Crippen molar-refractivity contribution < 1.29 is 8.42 Å². The molecule has 1 fully saturated rings. The third-order valence-corrected chi connectivity index (χ3v) is 10.4. The first-order valence-corrected chi connectivity index (χ1v) is 17.2. The zero-order chi connectivity index (χ0) is 32.1. The number of fused-ring (bicyclic) bond motifs is 1. The molecule has 0 saturated carbocycles. The van der Waals surface area contributed by atoms with Gasteiger partial charge in [0.1, 0.15) is 11.3 Å². The van der Waals surface area contributed by atoms with E-state index < -0.39 is 10.0 Å². The van der Waals surface area contributed by atoms with Crippen LogP contribution in [0.1, 0.15) is 46.7 Å². The summed E-state index contributed by atoms with van der Waals surface area (Å²) in [6, 6.07) is 23.6. The van der Waals surface area contributed by atoms with Crippen LogP contribution in [0.3, 0.4) is 0 Å². The molecule has 4 heterocycles. The Morgan fingerprint density at radius 3 is 2.46 bits per heavy atom. The number of aryl methyl sites for hydroxylation is 2. The molecular formula is C37H40N6O2S. The summed E-state index contributed by atoms with van der Waals surface area (Å²) in [6.45, 7) is 8.03. The number of likely N-dealkylation sites (N-methyl/N-ethyl adjacent to an activating group) is 1. The fourth-order valence-corrected chi connectivity index (χ4v) is 6.96. The van der Waals surface area contributed by atoms with Crippen LogP contribution in [0, 0.1) is 13.8 Å². The smallest absolute Gasteiger partial charge is 0.243 e. The van der Waals surface area contributed by atoms with Crippen LogP contribution in [-0.4, -0.2) is 70.4 Å².